The third kappa shape index (κ3) is 2.02. The highest BCUT2D eigenvalue weighted by molar-refractivity contribution is 6.62. The van der Waals surface area contributed by atoms with Crippen molar-refractivity contribution in [1.82, 2.24) is 9.78 Å². The summed E-state index contributed by atoms with van der Waals surface area (Å²) in [5.41, 5.74) is 0.00487. The van der Waals surface area contributed by atoms with Crippen LogP contribution in [0.15, 0.2) is 12.4 Å². The van der Waals surface area contributed by atoms with Gasteiger partial charge in [-0.2, -0.15) is 5.10 Å². The fourth-order valence-corrected chi connectivity index (χ4v) is 1.61. The van der Waals surface area contributed by atoms with Gasteiger partial charge in [-0.1, -0.05) is 0 Å². The zero-order valence-corrected chi connectivity index (χ0v) is 10.9. The predicted octanol–water partition coefficient (Wildman–Crippen LogP) is 0.842. The Bertz CT molecular complexity index is 437. The van der Waals surface area contributed by atoms with Crippen molar-refractivity contribution in [2.75, 3.05) is 0 Å². The average Bonchev–Trinajstić information content (AvgIpc) is 2.70. The van der Waals surface area contributed by atoms with Gasteiger partial charge in [0.25, 0.3) is 0 Å². The van der Waals surface area contributed by atoms with Crippen LogP contribution >= 0.6 is 0 Å². The van der Waals surface area contributed by atoms with E-state index in [0.29, 0.717) is 0 Å². The lowest BCUT2D eigenvalue weighted by atomic mass is 9.82. The third-order valence-corrected chi connectivity index (χ3v) is 3.45. The van der Waals surface area contributed by atoms with E-state index < -0.39 is 7.12 Å². The summed E-state index contributed by atoms with van der Waals surface area (Å²) in [6, 6.07) is 0. The van der Waals surface area contributed by atoms with Crippen LogP contribution in [0, 0.1) is 0 Å². The van der Waals surface area contributed by atoms with Crippen LogP contribution in [0.4, 0.5) is 0 Å². The predicted molar refractivity (Wildman–Crippen MR) is 64.2 cm³/mol. The molecule has 2 rings (SSSR count). The number of hydrogen-bond acceptors (Lipinski definition) is 4. The first-order chi connectivity index (χ1) is 7.73. The number of rotatable bonds is 1. The molecule has 0 amide bonds. The quantitative estimate of drug-likeness (QED) is 0.678. The van der Waals surface area contributed by atoms with Crippen LogP contribution in [0.25, 0.3) is 0 Å². The molecular weight excluding hydrogens is 219 g/mol. The number of carbonyl (C=O) groups excluding carboxylic acids is 1. The lowest BCUT2D eigenvalue weighted by Crippen LogP contribution is -2.41. The average molecular weight is 236 g/mol. The molecule has 1 fully saturated rings. The summed E-state index contributed by atoms with van der Waals surface area (Å²) in [6.07, 6.45) is 3.24. The van der Waals surface area contributed by atoms with Gasteiger partial charge < -0.3 is 9.31 Å². The fraction of sp³-hybridized carbons (Fsp3) is 0.636. The van der Waals surface area contributed by atoms with Gasteiger partial charge in [0.15, 0.2) is 0 Å². The van der Waals surface area contributed by atoms with Crippen LogP contribution in [0.1, 0.15) is 39.4 Å². The Morgan fingerprint density at radius 2 is 1.82 bits per heavy atom. The number of carbonyl (C=O) groups is 1. The summed E-state index contributed by atoms with van der Waals surface area (Å²) in [7, 11) is -0.465. The Morgan fingerprint density at radius 3 is 2.24 bits per heavy atom. The lowest BCUT2D eigenvalue weighted by Gasteiger charge is -2.32. The molecule has 0 N–H and O–H groups in total. The largest absolute Gasteiger partial charge is 0.498 e. The maximum atomic E-state index is 11.1. The summed E-state index contributed by atoms with van der Waals surface area (Å²) in [5.74, 6) is -0.132. The van der Waals surface area contributed by atoms with Gasteiger partial charge in [-0.3, -0.25) is 4.79 Å². The maximum absolute atomic E-state index is 11.1. The molecule has 1 saturated heterocycles. The van der Waals surface area contributed by atoms with Crippen molar-refractivity contribution in [2.45, 2.75) is 45.8 Å². The van der Waals surface area contributed by atoms with Crippen molar-refractivity contribution < 1.29 is 14.1 Å². The molecule has 0 radical (unpaired) electrons. The molecule has 17 heavy (non-hydrogen) atoms. The molecule has 0 bridgehead atoms. The molecule has 1 aliphatic rings. The van der Waals surface area contributed by atoms with E-state index in [1.54, 1.807) is 12.4 Å². The molecule has 2 heterocycles. The third-order valence-electron chi connectivity index (χ3n) is 3.45. The molecule has 0 aliphatic carbocycles. The second-order valence-electron chi connectivity index (χ2n) is 5.33. The van der Waals surface area contributed by atoms with Gasteiger partial charge in [-0.05, 0) is 27.7 Å². The molecule has 1 aliphatic heterocycles. The maximum Gasteiger partial charge on any atom is 0.498 e. The fourth-order valence-electron chi connectivity index (χ4n) is 1.61. The van der Waals surface area contributed by atoms with E-state index in [0.717, 1.165) is 5.46 Å². The van der Waals surface area contributed by atoms with E-state index in [-0.39, 0.29) is 17.1 Å². The van der Waals surface area contributed by atoms with Crippen LogP contribution < -0.4 is 5.46 Å². The van der Waals surface area contributed by atoms with Crippen LogP contribution in [0.2, 0.25) is 0 Å². The van der Waals surface area contributed by atoms with Gasteiger partial charge >= 0.3 is 7.12 Å². The first kappa shape index (κ1) is 12.3. The Kier molecular flexibility index (Phi) is 2.67. The molecule has 0 aromatic carbocycles. The lowest BCUT2D eigenvalue weighted by molar-refractivity contribution is 0.00578. The van der Waals surface area contributed by atoms with E-state index >= 15 is 0 Å². The molecule has 6 heteroatoms. The highest BCUT2D eigenvalue weighted by Gasteiger charge is 2.52. The SMILES string of the molecule is CC(=O)n1cc(B2OC(C)(C)C(C)(C)O2)cn1. The second kappa shape index (κ2) is 3.68. The number of hydrogen-bond donors (Lipinski definition) is 0. The van der Waals surface area contributed by atoms with Crippen molar-refractivity contribution in [3.63, 3.8) is 0 Å². The van der Waals surface area contributed by atoms with E-state index in [1.807, 2.05) is 27.7 Å². The Morgan fingerprint density at radius 1 is 1.29 bits per heavy atom. The van der Waals surface area contributed by atoms with Crippen LogP contribution in [-0.4, -0.2) is 34.0 Å². The summed E-state index contributed by atoms with van der Waals surface area (Å²) in [4.78, 5) is 11.1. The molecule has 0 spiro atoms. The standard InChI is InChI=1S/C11H17BN2O3/c1-8(15)14-7-9(6-13-14)12-16-10(2,3)11(4,5)17-12/h6-7H,1-5H3. The molecule has 0 atom stereocenters. The van der Waals surface area contributed by atoms with Crippen molar-refractivity contribution in [2.24, 2.45) is 0 Å². The molecule has 1 aromatic heterocycles. The second-order valence-corrected chi connectivity index (χ2v) is 5.33. The summed E-state index contributed by atoms with van der Waals surface area (Å²) in [6.45, 7) is 9.41. The molecule has 0 unspecified atom stereocenters. The van der Waals surface area contributed by atoms with Crippen LogP contribution in [0.3, 0.4) is 0 Å². The summed E-state index contributed by atoms with van der Waals surface area (Å²) >= 11 is 0. The molecule has 5 nitrogen and oxygen atoms in total. The van der Waals surface area contributed by atoms with Crippen molar-refractivity contribution in [3.8, 4) is 0 Å². The smallest absolute Gasteiger partial charge is 0.399 e. The van der Waals surface area contributed by atoms with Gasteiger partial charge in [0, 0.05) is 24.8 Å². The van der Waals surface area contributed by atoms with E-state index in [4.69, 9.17) is 9.31 Å². The zero-order valence-electron chi connectivity index (χ0n) is 10.9. The molecular formula is C11H17BN2O3. The van der Waals surface area contributed by atoms with Crippen molar-refractivity contribution >= 4 is 18.5 Å². The topological polar surface area (TPSA) is 53.4 Å². The van der Waals surface area contributed by atoms with Crippen LogP contribution in [-0.2, 0) is 9.31 Å². The molecule has 0 saturated carbocycles. The van der Waals surface area contributed by atoms with Gasteiger partial charge in [-0.25, -0.2) is 4.68 Å². The Labute approximate surface area is 101 Å². The van der Waals surface area contributed by atoms with Crippen LogP contribution in [0.5, 0.6) is 0 Å². The van der Waals surface area contributed by atoms with E-state index in [2.05, 4.69) is 5.10 Å². The minimum atomic E-state index is -0.465. The summed E-state index contributed by atoms with van der Waals surface area (Å²) in [5, 5.41) is 3.96. The Hall–Kier alpha value is -1.14. The Balaban J connectivity index is 2.23. The summed E-state index contributed by atoms with van der Waals surface area (Å²) < 4.78 is 13.0. The van der Waals surface area contributed by atoms with Gasteiger partial charge in [0.05, 0.1) is 11.2 Å². The highest BCUT2D eigenvalue weighted by Crippen LogP contribution is 2.36. The highest BCUT2D eigenvalue weighted by atomic mass is 16.7. The minimum absolute atomic E-state index is 0.132. The van der Waals surface area contributed by atoms with Gasteiger partial charge in [0.2, 0.25) is 5.91 Å². The number of aromatic nitrogens is 2. The molecule has 1 aromatic rings. The van der Waals surface area contributed by atoms with E-state index in [1.165, 1.54) is 11.6 Å². The first-order valence-electron chi connectivity index (χ1n) is 5.64. The van der Waals surface area contributed by atoms with Gasteiger partial charge in [0.1, 0.15) is 0 Å². The van der Waals surface area contributed by atoms with E-state index in [9.17, 15) is 4.79 Å². The number of nitrogens with zero attached hydrogens (tertiary/aromatic N) is 2. The minimum Gasteiger partial charge on any atom is -0.399 e. The zero-order chi connectivity index (χ0) is 12.8. The monoisotopic (exact) mass is 236 g/mol. The van der Waals surface area contributed by atoms with Crippen molar-refractivity contribution in [1.29, 1.82) is 0 Å². The van der Waals surface area contributed by atoms with Gasteiger partial charge in [-0.15, -0.1) is 0 Å². The van der Waals surface area contributed by atoms with Crippen molar-refractivity contribution in [3.05, 3.63) is 12.4 Å². The molecule has 92 valence electrons. The first-order valence-corrected chi connectivity index (χ1v) is 5.64. The normalized spacial score (nSPS) is 21.8.